The van der Waals surface area contributed by atoms with Crippen molar-refractivity contribution in [3.05, 3.63) is 29.8 Å². The Kier molecular flexibility index (Phi) is 3.31. The minimum atomic E-state index is -3.63. The fraction of sp³-hybridized carbons (Fsp3) is 0.417. The Hall–Kier alpha value is -1.20. The summed E-state index contributed by atoms with van der Waals surface area (Å²) >= 11 is 0. The molecule has 0 saturated heterocycles. The number of primary sulfonamides is 1. The van der Waals surface area contributed by atoms with Gasteiger partial charge < -0.3 is 0 Å². The van der Waals surface area contributed by atoms with Crippen LogP contribution < -0.4 is 5.14 Å². The summed E-state index contributed by atoms with van der Waals surface area (Å²) in [6, 6.07) is 6.69. The zero-order valence-electron chi connectivity index (χ0n) is 9.76. The van der Waals surface area contributed by atoms with Crippen LogP contribution in [0.15, 0.2) is 34.2 Å². The van der Waals surface area contributed by atoms with E-state index in [4.69, 9.17) is 5.14 Å². The lowest BCUT2D eigenvalue weighted by Gasteiger charge is -2.17. The van der Waals surface area contributed by atoms with Crippen molar-refractivity contribution in [3.63, 3.8) is 0 Å². The molecule has 4 nitrogen and oxygen atoms in total. The number of hydrogen-bond acceptors (Lipinski definition) is 3. The van der Waals surface area contributed by atoms with Crippen LogP contribution in [0.3, 0.4) is 0 Å². The molecule has 0 saturated carbocycles. The van der Waals surface area contributed by atoms with E-state index in [1.807, 2.05) is 6.07 Å². The van der Waals surface area contributed by atoms with Crippen LogP contribution in [0.1, 0.15) is 25.3 Å². The Morgan fingerprint density at radius 1 is 1.41 bits per heavy atom. The van der Waals surface area contributed by atoms with E-state index >= 15 is 0 Å². The summed E-state index contributed by atoms with van der Waals surface area (Å²) in [5, 5.41) is 5.11. The first-order valence-corrected chi connectivity index (χ1v) is 7.18. The molecule has 92 valence electrons. The molecule has 0 aliphatic carbocycles. The van der Waals surface area contributed by atoms with Crippen molar-refractivity contribution in [2.45, 2.75) is 24.7 Å². The molecule has 1 aliphatic rings. The number of hydrogen-bond donors (Lipinski definition) is 1. The zero-order valence-corrected chi connectivity index (χ0v) is 10.6. The van der Waals surface area contributed by atoms with Gasteiger partial charge in [0.15, 0.2) is 0 Å². The molecular formula is C12H16N2O2S. The minimum absolute atomic E-state index is 0.149. The Bertz CT molecular complexity index is 549. The van der Waals surface area contributed by atoms with E-state index in [-0.39, 0.29) is 4.90 Å². The maximum Gasteiger partial charge on any atom is 0.238 e. The predicted octanol–water partition coefficient (Wildman–Crippen LogP) is 1.55. The monoisotopic (exact) mass is 252 g/mol. The summed E-state index contributed by atoms with van der Waals surface area (Å²) in [6.07, 6.45) is 1.99. The van der Waals surface area contributed by atoms with Gasteiger partial charge in [0.1, 0.15) is 0 Å². The normalized spacial score (nSPS) is 21.1. The summed E-state index contributed by atoms with van der Waals surface area (Å²) in [4.78, 5) is 4.63. The van der Waals surface area contributed by atoms with Crippen LogP contribution in [-0.2, 0) is 10.0 Å². The number of aliphatic imine (C=N–C) groups is 1. The van der Waals surface area contributed by atoms with E-state index in [0.29, 0.717) is 5.92 Å². The summed E-state index contributed by atoms with van der Waals surface area (Å²) < 4.78 is 22.5. The molecule has 2 N–H and O–H groups in total. The van der Waals surface area contributed by atoms with Gasteiger partial charge in [0.05, 0.1) is 4.90 Å². The largest absolute Gasteiger partial charge is 0.289 e. The summed E-state index contributed by atoms with van der Waals surface area (Å²) in [6.45, 7) is 2.98. The van der Waals surface area contributed by atoms with Crippen LogP contribution in [0.4, 0.5) is 0 Å². The molecule has 1 atom stereocenters. The van der Waals surface area contributed by atoms with E-state index in [1.54, 1.807) is 12.1 Å². The molecule has 1 unspecified atom stereocenters. The van der Waals surface area contributed by atoms with Gasteiger partial charge in [-0.05, 0) is 36.5 Å². The van der Waals surface area contributed by atoms with Crippen molar-refractivity contribution < 1.29 is 8.42 Å². The molecule has 1 aromatic rings. The van der Waals surface area contributed by atoms with Gasteiger partial charge in [-0.3, -0.25) is 4.99 Å². The molecule has 1 aliphatic heterocycles. The Labute approximate surface area is 102 Å². The van der Waals surface area contributed by atoms with Crippen molar-refractivity contribution in [2.24, 2.45) is 16.0 Å². The molecule has 0 bridgehead atoms. The molecule has 0 fully saturated rings. The lowest BCUT2D eigenvalue weighted by atomic mass is 9.96. The van der Waals surface area contributed by atoms with Gasteiger partial charge in [0, 0.05) is 12.3 Å². The Balaban J connectivity index is 2.35. The first-order valence-electron chi connectivity index (χ1n) is 5.63. The van der Waals surface area contributed by atoms with Gasteiger partial charge in [0.25, 0.3) is 0 Å². The van der Waals surface area contributed by atoms with Gasteiger partial charge in [-0.25, -0.2) is 13.6 Å². The fourth-order valence-corrected chi connectivity index (χ4v) is 2.47. The molecule has 17 heavy (non-hydrogen) atoms. The highest BCUT2D eigenvalue weighted by Gasteiger charge is 2.15. The number of benzene rings is 1. The smallest absolute Gasteiger partial charge is 0.238 e. The number of sulfonamides is 1. The molecule has 0 spiro atoms. The van der Waals surface area contributed by atoms with Crippen molar-refractivity contribution in [1.29, 1.82) is 0 Å². The van der Waals surface area contributed by atoms with Crippen molar-refractivity contribution in [1.82, 2.24) is 0 Å². The first-order chi connectivity index (χ1) is 7.97. The highest BCUT2D eigenvalue weighted by molar-refractivity contribution is 7.89. The molecule has 0 amide bonds. The van der Waals surface area contributed by atoms with Crippen LogP contribution in [0.2, 0.25) is 0 Å². The maximum absolute atomic E-state index is 11.3. The molecule has 5 heteroatoms. The molecule has 0 aromatic heterocycles. The molecule has 2 rings (SSSR count). The van der Waals surface area contributed by atoms with E-state index < -0.39 is 10.0 Å². The molecular weight excluding hydrogens is 236 g/mol. The third-order valence-electron chi connectivity index (χ3n) is 2.96. The van der Waals surface area contributed by atoms with Crippen LogP contribution in [-0.4, -0.2) is 20.7 Å². The number of nitrogens with zero attached hydrogens (tertiary/aromatic N) is 1. The van der Waals surface area contributed by atoms with Crippen LogP contribution in [0.25, 0.3) is 0 Å². The number of nitrogens with two attached hydrogens (primary N) is 1. The molecule has 1 heterocycles. The van der Waals surface area contributed by atoms with Crippen LogP contribution >= 0.6 is 0 Å². The zero-order chi connectivity index (χ0) is 12.5. The standard InChI is InChI=1S/C12H16N2O2S/c1-9-5-6-12(14-8-9)10-3-2-4-11(7-10)17(13,15)16/h2-4,7,9H,5-6,8H2,1H3,(H2,13,15,16). The Morgan fingerprint density at radius 3 is 2.76 bits per heavy atom. The summed E-state index contributed by atoms with van der Waals surface area (Å²) in [5.74, 6) is 0.611. The topological polar surface area (TPSA) is 72.5 Å². The number of rotatable bonds is 2. The summed E-state index contributed by atoms with van der Waals surface area (Å²) in [7, 11) is -3.63. The second-order valence-corrected chi connectivity index (χ2v) is 6.07. The van der Waals surface area contributed by atoms with Gasteiger partial charge in [-0.1, -0.05) is 19.1 Å². The quantitative estimate of drug-likeness (QED) is 0.867. The maximum atomic E-state index is 11.3. The van der Waals surface area contributed by atoms with Crippen molar-refractivity contribution in [3.8, 4) is 0 Å². The van der Waals surface area contributed by atoms with E-state index in [0.717, 1.165) is 30.7 Å². The van der Waals surface area contributed by atoms with Crippen LogP contribution in [0, 0.1) is 5.92 Å². The third-order valence-corrected chi connectivity index (χ3v) is 3.87. The SMILES string of the molecule is CC1CCC(c2cccc(S(N)(=O)=O)c2)=NC1. The van der Waals surface area contributed by atoms with Crippen molar-refractivity contribution >= 4 is 15.7 Å². The summed E-state index contributed by atoms with van der Waals surface area (Å²) in [5.41, 5.74) is 1.84. The average molecular weight is 252 g/mol. The molecule has 1 aromatic carbocycles. The predicted molar refractivity (Wildman–Crippen MR) is 67.6 cm³/mol. The van der Waals surface area contributed by atoms with E-state index in [2.05, 4.69) is 11.9 Å². The van der Waals surface area contributed by atoms with Gasteiger partial charge in [-0.15, -0.1) is 0 Å². The van der Waals surface area contributed by atoms with Gasteiger partial charge in [-0.2, -0.15) is 0 Å². The second-order valence-electron chi connectivity index (χ2n) is 4.50. The van der Waals surface area contributed by atoms with Crippen molar-refractivity contribution in [2.75, 3.05) is 6.54 Å². The highest BCUT2D eigenvalue weighted by atomic mass is 32.2. The average Bonchev–Trinajstić information content (AvgIpc) is 2.29. The lowest BCUT2D eigenvalue weighted by molar-refractivity contribution is 0.538. The van der Waals surface area contributed by atoms with Gasteiger partial charge >= 0.3 is 0 Å². The second kappa shape index (κ2) is 4.58. The van der Waals surface area contributed by atoms with Crippen LogP contribution in [0.5, 0.6) is 0 Å². The highest BCUT2D eigenvalue weighted by Crippen LogP contribution is 2.19. The minimum Gasteiger partial charge on any atom is -0.289 e. The fourth-order valence-electron chi connectivity index (χ4n) is 1.91. The third kappa shape index (κ3) is 2.92. The van der Waals surface area contributed by atoms with Gasteiger partial charge in [0.2, 0.25) is 10.0 Å². The lowest BCUT2D eigenvalue weighted by Crippen LogP contribution is -2.16. The van der Waals surface area contributed by atoms with E-state index in [9.17, 15) is 8.42 Å². The first kappa shape index (κ1) is 12.3. The van der Waals surface area contributed by atoms with E-state index in [1.165, 1.54) is 6.07 Å². The Morgan fingerprint density at radius 2 is 2.18 bits per heavy atom. The molecule has 0 radical (unpaired) electrons.